The van der Waals surface area contributed by atoms with E-state index in [1.807, 2.05) is 13.8 Å². The predicted octanol–water partition coefficient (Wildman–Crippen LogP) is 8.09. The molecule has 0 aromatic rings. The van der Waals surface area contributed by atoms with Gasteiger partial charge in [-0.05, 0) is 18.8 Å². The summed E-state index contributed by atoms with van der Waals surface area (Å²) in [6, 6.07) is -0.417. The van der Waals surface area contributed by atoms with Gasteiger partial charge in [-0.1, -0.05) is 137 Å². The molecular weight excluding hydrogens is 408 g/mol. The zero-order valence-corrected chi connectivity index (χ0v) is 22.8. The smallest absolute Gasteiger partial charge is 0.242 e. The van der Waals surface area contributed by atoms with E-state index in [9.17, 15) is 9.59 Å². The van der Waals surface area contributed by atoms with Crippen molar-refractivity contribution in [2.75, 3.05) is 6.54 Å². The highest BCUT2D eigenvalue weighted by Crippen LogP contribution is 2.12. The normalized spacial score (nSPS) is 12.2. The van der Waals surface area contributed by atoms with Crippen LogP contribution in [-0.4, -0.2) is 24.4 Å². The number of rotatable bonds is 24. The van der Waals surface area contributed by atoms with Crippen molar-refractivity contribution in [3.05, 3.63) is 0 Å². The SMILES string of the molecule is CCCCCCCCCCCCNC(=O)[C@@H](NC(=O)CCCCCCCCCCC)C(C)C. The molecule has 0 saturated heterocycles. The van der Waals surface area contributed by atoms with Crippen LogP contribution in [0.15, 0.2) is 0 Å². The first-order valence-corrected chi connectivity index (χ1v) is 14.6. The van der Waals surface area contributed by atoms with Gasteiger partial charge in [-0.15, -0.1) is 0 Å². The Morgan fingerprint density at radius 2 is 0.970 bits per heavy atom. The Kier molecular flexibility index (Phi) is 23.3. The first-order valence-electron chi connectivity index (χ1n) is 14.6. The van der Waals surface area contributed by atoms with Gasteiger partial charge >= 0.3 is 0 Å². The van der Waals surface area contributed by atoms with E-state index in [0.29, 0.717) is 13.0 Å². The summed E-state index contributed by atoms with van der Waals surface area (Å²) in [5, 5.41) is 6.03. The molecule has 0 aliphatic rings. The lowest BCUT2D eigenvalue weighted by atomic mass is 10.0. The van der Waals surface area contributed by atoms with Crippen molar-refractivity contribution in [3.8, 4) is 0 Å². The summed E-state index contributed by atoms with van der Waals surface area (Å²) in [6.45, 7) is 9.23. The van der Waals surface area contributed by atoms with Crippen molar-refractivity contribution >= 4 is 11.8 Å². The third kappa shape index (κ3) is 21.2. The standard InChI is InChI=1S/C29H58N2O2/c1-5-7-9-11-13-15-17-19-21-23-25-30-29(33)28(26(3)4)31-27(32)24-22-20-18-16-14-12-10-8-6-2/h26,28H,5-25H2,1-4H3,(H,30,33)(H,31,32)/t28-/m0/s1. The van der Waals surface area contributed by atoms with Gasteiger partial charge in [0.05, 0.1) is 0 Å². The highest BCUT2D eigenvalue weighted by Gasteiger charge is 2.23. The quantitative estimate of drug-likeness (QED) is 0.141. The number of hydrogen-bond acceptors (Lipinski definition) is 2. The van der Waals surface area contributed by atoms with Gasteiger partial charge in [0.2, 0.25) is 11.8 Å². The molecule has 0 rings (SSSR count). The molecule has 33 heavy (non-hydrogen) atoms. The Bertz CT molecular complexity index is 451. The minimum atomic E-state index is -0.417. The van der Waals surface area contributed by atoms with Crippen LogP contribution in [-0.2, 0) is 9.59 Å². The lowest BCUT2D eigenvalue weighted by Gasteiger charge is -2.21. The minimum Gasteiger partial charge on any atom is -0.354 e. The van der Waals surface area contributed by atoms with E-state index in [1.165, 1.54) is 103 Å². The summed E-state index contributed by atoms with van der Waals surface area (Å²) in [6.07, 6.45) is 24.7. The molecule has 0 spiro atoms. The van der Waals surface area contributed by atoms with Gasteiger partial charge in [0, 0.05) is 13.0 Å². The Morgan fingerprint density at radius 3 is 1.39 bits per heavy atom. The van der Waals surface area contributed by atoms with Crippen molar-refractivity contribution in [2.24, 2.45) is 5.92 Å². The molecule has 0 radical (unpaired) electrons. The zero-order chi connectivity index (χ0) is 24.6. The van der Waals surface area contributed by atoms with Gasteiger partial charge in [0.25, 0.3) is 0 Å². The second-order valence-corrected chi connectivity index (χ2v) is 10.3. The van der Waals surface area contributed by atoms with Crippen molar-refractivity contribution in [1.82, 2.24) is 10.6 Å². The van der Waals surface area contributed by atoms with Gasteiger partial charge in [-0.25, -0.2) is 0 Å². The molecular formula is C29H58N2O2. The molecule has 196 valence electrons. The summed E-state index contributed by atoms with van der Waals surface area (Å²) < 4.78 is 0. The van der Waals surface area contributed by atoms with Crippen LogP contribution in [0.3, 0.4) is 0 Å². The third-order valence-corrected chi connectivity index (χ3v) is 6.60. The second kappa shape index (κ2) is 24.1. The molecule has 0 saturated carbocycles. The fraction of sp³-hybridized carbons (Fsp3) is 0.931. The van der Waals surface area contributed by atoms with Gasteiger partial charge < -0.3 is 10.6 Å². The number of carbonyl (C=O) groups excluding carboxylic acids is 2. The molecule has 0 unspecified atom stereocenters. The number of nitrogens with one attached hydrogen (secondary N) is 2. The maximum Gasteiger partial charge on any atom is 0.242 e. The maximum atomic E-state index is 12.6. The van der Waals surface area contributed by atoms with Gasteiger partial charge in [0.1, 0.15) is 6.04 Å². The zero-order valence-electron chi connectivity index (χ0n) is 22.8. The summed E-state index contributed by atoms with van der Waals surface area (Å²) in [7, 11) is 0. The number of amides is 2. The van der Waals surface area contributed by atoms with Gasteiger partial charge in [-0.2, -0.15) is 0 Å². The van der Waals surface area contributed by atoms with Crippen LogP contribution in [0.2, 0.25) is 0 Å². The molecule has 2 amide bonds. The molecule has 4 nitrogen and oxygen atoms in total. The van der Waals surface area contributed by atoms with Crippen LogP contribution < -0.4 is 10.6 Å². The van der Waals surface area contributed by atoms with Crippen LogP contribution in [0.25, 0.3) is 0 Å². The lowest BCUT2D eigenvalue weighted by molar-refractivity contribution is -0.130. The van der Waals surface area contributed by atoms with Crippen molar-refractivity contribution in [2.45, 2.75) is 162 Å². The Hall–Kier alpha value is -1.06. The van der Waals surface area contributed by atoms with Crippen LogP contribution in [0.1, 0.15) is 156 Å². The fourth-order valence-corrected chi connectivity index (χ4v) is 4.31. The number of hydrogen-bond donors (Lipinski definition) is 2. The molecule has 0 bridgehead atoms. The van der Waals surface area contributed by atoms with Crippen molar-refractivity contribution in [1.29, 1.82) is 0 Å². The minimum absolute atomic E-state index is 0.0192. The largest absolute Gasteiger partial charge is 0.354 e. The topological polar surface area (TPSA) is 58.2 Å². The highest BCUT2D eigenvalue weighted by atomic mass is 16.2. The van der Waals surface area contributed by atoms with Gasteiger partial charge in [-0.3, -0.25) is 9.59 Å². The second-order valence-electron chi connectivity index (χ2n) is 10.3. The van der Waals surface area contributed by atoms with E-state index in [-0.39, 0.29) is 17.7 Å². The molecule has 1 atom stereocenters. The third-order valence-electron chi connectivity index (χ3n) is 6.60. The maximum absolute atomic E-state index is 12.6. The van der Waals surface area contributed by atoms with Crippen molar-refractivity contribution < 1.29 is 9.59 Å². The first-order chi connectivity index (χ1) is 16.0. The Balaban J connectivity index is 3.78. The molecule has 0 aliphatic carbocycles. The number of unbranched alkanes of at least 4 members (excludes halogenated alkanes) is 17. The highest BCUT2D eigenvalue weighted by molar-refractivity contribution is 5.87. The van der Waals surface area contributed by atoms with E-state index in [0.717, 1.165) is 19.3 Å². The van der Waals surface area contributed by atoms with Crippen LogP contribution in [0.5, 0.6) is 0 Å². The molecule has 4 heteroatoms. The van der Waals surface area contributed by atoms with Crippen LogP contribution in [0, 0.1) is 5.92 Å². The molecule has 0 aromatic carbocycles. The average molecular weight is 467 g/mol. The monoisotopic (exact) mass is 466 g/mol. The molecule has 0 fully saturated rings. The van der Waals surface area contributed by atoms with Gasteiger partial charge in [0.15, 0.2) is 0 Å². The lowest BCUT2D eigenvalue weighted by Crippen LogP contribution is -2.49. The van der Waals surface area contributed by atoms with Crippen molar-refractivity contribution in [3.63, 3.8) is 0 Å². The summed E-state index contributed by atoms with van der Waals surface area (Å²) in [5.41, 5.74) is 0. The predicted molar refractivity (Wildman–Crippen MR) is 143 cm³/mol. The average Bonchev–Trinajstić information content (AvgIpc) is 2.79. The Morgan fingerprint density at radius 1 is 0.576 bits per heavy atom. The van der Waals surface area contributed by atoms with E-state index < -0.39 is 6.04 Å². The molecule has 0 aromatic heterocycles. The molecule has 0 aliphatic heterocycles. The van der Waals surface area contributed by atoms with E-state index in [4.69, 9.17) is 0 Å². The van der Waals surface area contributed by atoms with E-state index in [1.54, 1.807) is 0 Å². The summed E-state index contributed by atoms with van der Waals surface area (Å²) >= 11 is 0. The van der Waals surface area contributed by atoms with Crippen LogP contribution >= 0.6 is 0 Å². The summed E-state index contributed by atoms with van der Waals surface area (Å²) in [4.78, 5) is 24.9. The fourth-order valence-electron chi connectivity index (χ4n) is 4.31. The molecule has 2 N–H and O–H groups in total. The Labute approximate surface area is 206 Å². The first kappa shape index (κ1) is 31.9. The summed E-state index contributed by atoms with van der Waals surface area (Å²) in [5.74, 6) is 0.0943. The van der Waals surface area contributed by atoms with E-state index in [2.05, 4.69) is 24.5 Å². The number of carbonyl (C=O) groups is 2. The van der Waals surface area contributed by atoms with E-state index >= 15 is 0 Å². The van der Waals surface area contributed by atoms with Crippen LogP contribution in [0.4, 0.5) is 0 Å². The molecule has 0 heterocycles.